The molecule has 0 saturated carbocycles. The van der Waals surface area contributed by atoms with Gasteiger partial charge in [-0.3, -0.25) is 24.8 Å². The standard InChI is InChI=1S/C22H18N4O5S/c1-30-17-9-10-18(31-2)20-19(17)24-22(32-20)25(13-14-6-5-11-23-12-14)21(27)15-7-3-4-8-16(15)26(28)29/h3-12H,13H2,1-2H3. The zero-order chi connectivity index (χ0) is 22.7. The molecule has 0 spiro atoms. The number of anilines is 1. The van der Waals surface area contributed by atoms with Gasteiger partial charge >= 0.3 is 0 Å². The van der Waals surface area contributed by atoms with Crippen molar-refractivity contribution >= 4 is 38.3 Å². The monoisotopic (exact) mass is 450 g/mol. The number of carbonyl (C=O) groups excluding carboxylic acids is 1. The number of para-hydroxylation sites is 1. The number of nitro benzene ring substituents is 1. The van der Waals surface area contributed by atoms with Crippen LogP contribution in [0.15, 0.2) is 60.9 Å². The molecular formula is C22H18N4O5S. The van der Waals surface area contributed by atoms with Crippen LogP contribution >= 0.6 is 11.3 Å². The van der Waals surface area contributed by atoms with Crippen LogP contribution in [0.3, 0.4) is 0 Å². The van der Waals surface area contributed by atoms with Gasteiger partial charge in [-0.25, -0.2) is 4.98 Å². The minimum Gasteiger partial charge on any atom is -0.495 e. The van der Waals surface area contributed by atoms with Gasteiger partial charge in [-0.05, 0) is 29.8 Å². The average molecular weight is 450 g/mol. The minimum absolute atomic E-state index is 0.0282. The number of benzene rings is 2. The van der Waals surface area contributed by atoms with Gasteiger partial charge < -0.3 is 9.47 Å². The second-order valence-corrected chi connectivity index (χ2v) is 7.65. The van der Waals surface area contributed by atoms with Gasteiger partial charge in [0.25, 0.3) is 11.6 Å². The molecule has 32 heavy (non-hydrogen) atoms. The van der Waals surface area contributed by atoms with E-state index in [4.69, 9.17) is 9.47 Å². The van der Waals surface area contributed by atoms with Gasteiger partial charge in [0, 0.05) is 18.5 Å². The molecule has 0 N–H and O–H groups in total. The molecule has 0 fully saturated rings. The van der Waals surface area contributed by atoms with Crippen molar-refractivity contribution < 1.29 is 19.2 Å². The second kappa shape index (κ2) is 8.98. The van der Waals surface area contributed by atoms with Gasteiger partial charge in [-0.2, -0.15) is 0 Å². The summed E-state index contributed by atoms with van der Waals surface area (Å²) in [6.45, 7) is 0.128. The van der Waals surface area contributed by atoms with Gasteiger partial charge in [0.15, 0.2) is 5.13 Å². The van der Waals surface area contributed by atoms with Crippen LogP contribution in [0.25, 0.3) is 10.2 Å². The van der Waals surface area contributed by atoms with E-state index in [1.54, 1.807) is 43.8 Å². The lowest BCUT2D eigenvalue weighted by atomic mass is 10.1. The number of thiazole rings is 1. The van der Waals surface area contributed by atoms with Crippen molar-refractivity contribution in [3.8, 4) is 11.5 Å². The lowest BCUT2D eigenvalue weighted by molar-refractivity contribution is -0.385. The Labute approximate surface area is 187 Å². The average Bonchev–Trinajstić information content (AvgIpc) is 3.27. The van der Waals surface area contributed by atoms with E-state index in [0.717, 1.165) is 5.56 Å². The zero-order valence-electron chi connectivity index (χ0n) is 17.2. The lowest BCUT2D eigenvalue weighted by Gasteiger charge is -2.20. The minimum atomic E-state index is -0.570. The summed E-state index contributed by atoms with van der Waals surface area (Å²) in [4.78, 5) is 34.7. The summed E-state index contributed by atoms with van der Waals surface area (Å²) in [5.41, 5.74) is 0.987. The molecule has 9 nitrogen and oxygen atoms in total. The number of ether oxygens (including phenoxy) is 2. The zero-order valence-corrected chi connectivity index (χ0v) is 18.0. The Balaban J connectivity index is 1.87. The Morgan fingerprint density at radius 3 is 2.53 bits per heavy atom. The summed E-state index contributed by atoms with van der Waals surface area (Å²) >= 11 is 1.24. The molecular weight excluding hydrogens is 432 g/mol. The number of rotatable bonds is 7. The summed E-state index contributed by atoms with van der Waals surface area (Å²) in [5.74, 6) is 0.574. The molecule has 162 valence electrons. The summed E-state index contributed by atoms with van der Waals surface area (Å²) in [6.07, 6.45) is 3.26. The number of amides is 1. The fourth-order valence-corrected chi connectivity index (χ4v) is 4.32. The van der Waals surface area contributed by atoms with Crippen LogP contribution < -0.4 is 14.4 Å². The van der Waals surface area contributed by atoms with Crippen molar-refractivity contribution in [3.63, 3.8) is 0 Å². The fraction of sp³-hybridized carbons (Fsp3) is 0.136. The van der Waals surface area contributed by atoms with E-state index in [1.807, 2.05) is 6.07 Å². The Morgan fingerprint density at radius 1 is 1.09 bits per heavy atom. The number of nitrogens with zero attached hydrogens (tertiary/aromatic N) is 4. The molecule has 0 atom stereocenters. The molecule has 2 aromatic carbocycles. The van der Waals surface area contributed by atoms with Gasteiger partial charge in [-0.1, -0.05) is 29.5 Å². The lowest BCUT2D eigenvalue weighted by Crippen LogP contribution is -2.31. The number of methoxy groups -OCH3 is 2. The summed E-state index contributed by atoms with van der Waals surface area (Å²) in [5, 5.41) is 11.9. The largest absolute Gasteiger partial charge is 0.495 e. The first-order valence-corrected chi connectivity index (χ1v) is 10.3. The van der Waals surface area contributed by atoms with Crippen LogP contribution in [0.1, 0.15) is 15.9 Å². The van der Waals surface area contributed by atoms with Crippen LogP contribution in [-0.2, 0) is 6.54 Å². The van der Waals surface area contributed by atoms with Gasteiger partial charge in [-0.15, -0.1) is 0 Å². The third-order valence-corrected chi connectivity index (χ3v) is 5.86. The van der Waals surface area contributed by atoms with E-state index >= 15 is 0 Å². The van der Waals surface area contributed by atoms with Crippen molar-refractivity contribution in [2.45, 2.75) is 6.54 Å². The topological polar surface area (TPSA) is 108 Å². The van der Waals surface area contributed by atoms with Crippen molar-refractivity contribution in [1.29, 1.82) is 0 Å². The van der Waals surface area contributed by atoms with Gasteiger partial charge in [0.05, 0.1) is 25.7 Å². The summed E-state index contributed by atoms with van der Waals surface area (Å²) in [6, 6.07) is 12.9. The highest BCUT2D eigenvalue weighted by Gasteiger charge is 2.28. The number of hydrogen-bond acceptors (Lipinski definition) is 8. The third-order valence-electron chi connectivity index (χ3n) is 4.77. The predicted octanol–water partition coefficient (Wildman–Crippen LogP) is 4.46. The molecule has 0 aliphatic heterocycles. The maximum atomic E-state index is 13.6. The van der Waals surface area contributed by atoms with E-state index in [2.05, 4.69) is 9.97 Å². The Morgan fingerprint density at radius 2 is 1.84 bits per heavy atom. The van der Waals surface area contributed by atoms with Crippen LogP contribution in [0.2, 0.25) is 0 Å². The maximum absolute atomic E-state index is 13.6. The van der Waals surface area contributed by atoms with Crippen molar-refractivity contribution in [3.05, 3.63) is 82.2 Å². The molecule has 1 amide bonds. The first-order valence-electron chi connectivity index (χ1n) is 9.49. The number of aromatic nitrogens is 2. The maximum Gasteiger partial charge on any atom is 0.282 e. The molecule has 0 radical (unpaired) electrons. The highest BCUT2D eigenvalue weighted by atomic mass is 32.1. The van der Waals surface area contributed by atoms with Crippen LogP contribution in [0.4, 0.5) is 10.8 Å². The Hall–Kier alpha value is -4.05. The molecule has 4 rings (SSSR count). The third kappa shape index (κ3) is 3.95. The van der Waals surface area contributed by atoms with Crippen LogP contribution in [-0.4, -0.2) is 35.0 Å². The van der Waals surface area contributed by atoms with E-state index < -0.39 is 10.8 Å². The summed E-state index contributed by atoms with van der Waals surface area (Å²) in [7, 11) is 3.08. The number of carbonyl (C=O) groups is 1. The first-order chi connectivity index (χ1) is 15.5. The van der Waals surface area contributed by atoms with Crippen molar-refractivity contribution in [1.82, 2.24) is 9.97 Å². The molecule has 4 aromatic rings. The molecule has 0 unspecified atom stereocenters. The van der Waals surface area contributed by atoms with Gasteiger partial charge in [0.1, 0.15) is 27.3 Å². The highest BCUT2D eigenvalue weighted by molar-refractivity contribution is 7.22. The number of fused-ring (bicyclic) bond motifs is 1. The normalized spacial score (nSPS) is 10.7. The fourth-order valence-electron chi connectivity index (χ4n) is 3.25. The van der Waals surface area contributed by atoms with Crippen LogP contribution in [0.5, 0.6) is 11.5 Å². The number of nitro groups is 1. The molecule has 10 heteroatoms. The first kappa shape index (κ1) is 21.2. The van der Waals surface area contributed by atoms with Gasteiger partial charge in [0.2, 0.25) is 0 Å². The number of hydrogen-bond donors (Lipinski definition) is 0. The molecule has 0 aliphatic carbocycles. The quantitative estimate of drug-likeness (QED) is 0.302. The van der Waals surface area contributed by atoms with E-state index in [-0.39, 0.29) is 17.8 Å². The highest BCUT2D eigenvalue weighted by Crippen LogP contribution is 2.41. The van der Waals surface area contributed by atoms with Crippen LogP contribution in [0, 0.1) is 10.1 Å². The molecule has 0 aliphatic rings. The van der Waals surface area contributed by atoms with E-state index in [0.29, 0.717) is 26.8 Å². The molecule has 2 heterocycles. The predicted molar refractivity (Wildman–Crippen MR) is 121 cm³/mol. The van der Waals surface area contributed by atoms with E-state index in [9.17, 15) is 14.9 Å². The SMILES string of the molecule is COc1ccc(OC)c2sc(N(Cc3cccnc3)C(=O)c3ccccc3[N+](=O)[O-])nc12. The molecule has 2 aromatic heterocycles. The second-order valence-electron chi connectivity index (χ2n) is 6.67. The smallest absolute Gasteiger partial charge is 0.282 e. The molecule has 0 saturated heterocycles. The Kier molecular flexibility index (Phi) is 5.95. The Bertz CT molecular complexity index is 1250. The summed E-state index contributed by atoms with van der Waals surface area (Å²) < 4.78 is 11.6. The van der Waals surface area contributed by atoms with Crippen molar-refractivity contribution in [2.75, 3.05) is 19.1 Å². The number of pyridine rings is 1. The van der Waals surface area contributed by atoms with Crippen molar-refractivity contribution in [2.24, 2.45) is 0 Å². The van der Waals surface area contributed by atoms with E-state index in [1.165, 1.54) is 41.5 Å². The molecule has 0 bridgehead atoms.